The van der Waals surface area contributed by atoms with Gasteiger partial charge in [-0.15, -0.1) is 5.10 Å². The molecule has 1 aromatic carbocycles. The van der Waals surface area contributed by atoms with E-state index in [-0.39, 0.29) is 5.56 Å². The third-order valence-electron chi connectivity index (χ3n) is 4.58. The van der Waals surface area contributed by atoms with Gasteiger partial charge in [-0.3, -0.25) is 9.48 Å². The molecule has 0 unspecified atom stereocenters. The summed E-state index contributed by atoms with van der Waals surface area (Å²) in [5, 5.41) is 21.2. The summed E-state index contributed by atoms with van der Waals surface area (Å²) in [6, 6.07) is 11.2. The fourth-order valence-corrected chi connectivity index (χ4v) is 3.17. The van der Waals surface area contributed by atoms with Gasteiger partial charge in [-0.25, -0.2) is 0 Å². The lowest BCUT2D eigenvalue weighted by Gasteiger charge is -2.07. The van der Waals surface area contributed by atoms with Crippen LogP contribution in [-0.2, 0) is 20.0 Å². The van der Waals surface area contributed by atoms with E-state index in [1.807, 2.05) is 38.4 Å². The second kappa shape index (κ2) is 7.59. The van der Waals surface area contributed by atoms with Gasteiger partial charge in [0.05, 0.1) is 17.3 Å². The topological polar surface area (TPSA) is 117 Å². The van der Waals surface area contributed by atoms with Crippen LogP contribution in [0.2, 0.25) is 0 Å². The highest BCUT2D eigenvalue weighted by molar-refractivity contribution is 5.62. The van der Waals surface area contributed by atoms with Crippen molar-refractivity contribution < 1.29 is 0 Å². The van der Waals surface area contributed by atoms with Crippen molar-refractivity contribution in [3.63, 3.8) is 0 Å². The number of hydrogen-bond acceptors (Lipinski definition) is 6. The number of nitrogens with zero attached hydrogens (tertiary/aromatic N) is 6. The number of aryl methyl sites for hydroxylation is 2. The monoisotopic (exact) mass is 388 g/mol. The van der Waals surface area contributed by atoms with Crippen LogP contribution in [-0.4, -0.2) is 29.4 Å². The fourth-order valence-electron chi connectivity index (χ4n) is 3.17. The molecular weight excluding hydrogens is 368 g/mol. The summed E-state index contributed by atoms with van der Waals surface area (Å²) >= 11 is 0. The fraction of sp³-hybridized carbons (Fsp3) is 0.250. The Hall–Kier alpha value is -3.93. The van der Waals surface area contributed by atoms with Gasteiger partial charge < -0.3 is 10.3 Å². The van der Waals surface area contributed by atoms with Gasteiger partial charge in [0, 0.05) is 37.1 Å². The van der Waals surface area contributed by atoms with E-state index < -0.39 is 0 Å². The van der Waals surface area contributed by atoms with E-state index in [0.717, 1.165) is 35.4 Å². The molecule has 0 aliphatic heterocycles. The molecule has 146 valence electrons. The molecule has 2 N–H and O–H groups in total. The van der Waals surface area contributed by atoms with Crippen molar-refractivity contribution in [2.45, 2.75) is 26.3 Å². The van der Waals surface area contributed by atoms with E-state index in [0.29, 0.717) is 23.8 Å². The summed E-state index contributed by atoms with van der Waals surface area (Å²) in [5.74, 6) is 0.713. The van der Waals surface area contributed by atoms with Crippen LogP contribution in [0.1, 0.15) is 30.2 Å². The Balaban J connectivity index is 1.60. The number of rotatable bonds is 6. The first-order valence-corrected chi connectivity index (χ1v) is 9.33. The van der Waals surface area contributed by atoms with Crippen molar-refractivity contribution in [3.05, 3.63) is 63.7 Å². The molecule has 0 aliphatic rings. The van der Waals surface area contributed by atoms with Crippen LogP contribution < -0.4 is 10.9 Å². The normalized spacial score (nSPS) is 10.9. The largest absolute Gasteiger partial charge is 0.349 e. The summed E-state index contributed by atoms with van der Waals surface area (Å²) in [4.78, 5) is 19.7. The van der Waals surface area contributed by atoms with Gasteiger partial charge in [-0.1, -0.05) is 19.4 Å². The van der Waals surface area contributed by atoms with Gasteiger partial charge in [-0.05, 0) is 30.2 Å². The van der Waals surface area contributed by atoms with Crippen molar-refractivity contribution in [1.29, 1.82) is 5.26 Å². The SMILES string of the molecule is CCCc1cc(=O)n2nc(NCc3cc(-c4ccn(C)n4)ccc3C#N)nc2[nH]1. The molecule has 0 radical (unpaired) electrons. The Kier molecular flexibility index (Phi) is 4.83. The van der Waals surface area contributed by atoms with Crippen molar-refractivity contribution in [2.24, 2.45) is 7.05 Å². The van der Waals surface area contributed by atoms with E-state index in [1.165, 1.54) is 4.52 Å². The number of H-pyrrole nitrogens is 1. The number of benzene rings is 1. The number of nitrogens with one attached hydrogen (secondary N) is 2. The molecule has 0 bridgehead atoms. The molecule has 3 heterocycles. The maximum absolute atomic E-state index is 12.2. The van der Waals surface area contributed by atoms with Crippen LogP contribution in [0.25, 0.3) is 17.0 Å². The highest BCUT2D eigenvalue weighted by Gasteiger charge is 2.11. The Labute approximate surface area is 166 Å². The predicted octanol–water partition coefficient (Wildman–Crippen LogP) is 2.25. The summed E-state index contributed by atoms with van der Waals surface area (Å²) in [6.45, 7) is 2.39. The van der Waals surface area contributed by atoms with Gasteiger partial charge in [-0.2, -0.15) is 19.9 Å². The summed E-state index contributed by atoms with van der Waals surface area (Å²) < 4.78 is 2.97. The number of nitriles is 1. The maximum atomic E-state index is 12.2. The van der Waals surface area contributed by atoms with Crippen LogP contribution in [0.4, 0.5) is 5.95 Å². The van der Waals surface area contributed by atoms with Crippen molar-refractivity contribution >= 4 is 11.7 Å². The first kappa shape index (κ1) is 18.4. The number of aromatic nitrogens is 6. The first-order chi connectivity index (χ1) is 14.1. The molecule has 0 atom stereocenters. The highest BCUT2D eigenvalue weighted by Crippen LogP contribution is 2.21. The summed E-state index contributed by atoms with van der Waals surface area (Å²) in [6.07, 6.45) is 3.57. The van der Waals surface area contributed by atoms with Gasteiger partial charge in [0.2, 0.25) is 11.7 Å². The van der Waals surface area contributed by atoms with E-state index in [2.05, 4.69) is 31.6 Å². The quantitative estimate of drug-likeness (QED) is 0.523. The van der Waals surface area contributed by atoms with Crippen LogP contribution >= 0.6 is 0 Å². The summed E-state index contributed by atoms with van der Waals surface area (Å²) in [7, 11) is 1.86. The Morgan fingerprint density at radius 3 is 2.83 bits per heavy atom. The maximum Gasteiger partial charge on any atom is 0.275 e. The van der Waals surface area contributed by atoms with E-state index in [9.17, 15) is 10.1 Å². The standard InChI is InChI=1S/C20H20N8O/c1-3-4-16-10-18(29)28-20(23-16)24-19(26-28)22-12-15-9-13(5-6-14(15)11-21)17-7-8-27(2)25-17/h5-10H,3-4,12H2,1-2H3,(H2,22,23,24,26). The van der Waals surface area contributed by atoms with E-state index >= 15 is 0 Å². The minimum Gasteiger partial charge on any atom is -0.349 e. The molecule has 0 saturated heterocycles. The molecule has 9 heteroatoms. The number of anilines is 1. The lowest BCUT2D eigenvalue weighted by atomic mass is 10.0. The molecule has 0 saturated carbocycles. The van der Waals surface area contributed by atoms with Crippen LogP contribution in [0.3, 0.4) is 0 Å². The van der Waals surface area contributed by atoms with Crippen LogP contribution in [0, 0.1) is 11.3 Å². The zero-order valence-corrected chi connectivity index (χ0v) is 16.2. The second-order valence-electron chi connectivity index (χ2n) is 6.77. The lowest BCUT2D eigenvalue weighted by Crippen LogP contribution is -2.15. The van der Waals surface area contributed by atoms with E-state index in [4.69, 9.17) is 0 Å². The van der Waals surface area contributed by atoms with Crippen LogP contribution in [0.5, 0.6) is 0 Å². The van der Waals surface area contributed by atoms with Gasteiger partial charge in [0.25, 0.3) is 5.56 Å². The molecule has 4 rings (SSSR count). The zero-order valence-electron chi connectivity index (χ0n) is 16.2. The number of aromatic amines is 1. The Morgan fingerprint density at radius 1 is 1.24 bits per heavy atom. The predicted molar refractivity (Wildman–Crippen MR) is 108 cm³/mol. The third kappa shape index (κ3) is 3.73. The average Bonchev–Trinajstić information content (AvgIpc) is 3.33. The number of hydrogen-bond donors (Lipinski definition) is 2. The molecule has 0 spiro atoms. The smallest absolute Gasteiger partial charge is 0.275 e. The molecule has 0 amide bonds. The molecule has 29 heavy (non-hydrogen) atoms. The second-order valence-corrected chi connectivity index (χ2v) is 6.77. The minimum absolute atomic E-state index is 0.224. The Morgan fingerprint density at radius 2 is 2.10 bits per heavy atom. The molecule has 3 aromatic heterocycles. The van der Waals surface area contributed by atoms with Gasteiger partial charge >= 0.3 is 0 Å². The summed E-state index contributed by atoms with van der Waals surface area (Å²) in [5.41, 5.74) is 3.72. The van der Waals surface area contributed by atoms with Crippen molar-refractivity contribution in [3.8, 4) is 17.3 Å². The molecule has 9 nitrogen and oxygen atoms in total. The highest BCUT2D eigenvalue weighted by atomic mass is 16.1. The van der Waals surface area contributed by atoms with Crippen molar-refractivity contribution in [1.82, 2.24) is 29.4 Å². The molecular formula is C20H20N8O. The minimum atomic E-state index is -0.224. The van der Waals surface area contributed by atoms with Crippen molar-refractivity contribution in [2.75, 3.05) is 5.32 Å². The Bertz CT molecular complexity index is 1270. The average molecular weight is 388 g/mol. The zero-order chi connectivity index (χ0) is 20.4. The van der Waals surface area contributed by atoms with Gasteiger partial charge in [0.1, 0.15) is 0 Å². The lowest BCUT2D eigenvalue weighted by molar-refractivity contribution is 0.771. The molecule has 0 aliphatic carbocycles. The van der Waals surface area contributed by atoms with E-state index in [1.54, 1.807) is 16.8 Å². The third-order valence-corrected chi connectivity index (χ3v) is 4.58. The molecule has 0 fully saturated rings. The molecule has 4 aromatic rings. The number of fused-ring (bicyclic) bond motifs is 1. The van der Waals surface area contributed by atoms with Crippen LogP contribution in [0.15, 0.2) is 41.3 Å². The van der Waals surface area contributed by atoms with Gasteiger partial charge in [0.15, 0.2) is 0 Å². The first-order valence-electron chi connectivity index (χ1n) is 9.33.